The van der Waals surface area contributed by atoms with Crippen LogP contribution in [0.1, 0.15) is 21.0 Å². The number of fused-ring (bicyclic) bond motifs is 1. The maximum Gasteiger partial charge on any atom is 1.00 e. The summed E-state index contributed by atoms with van der Waals surface area (Å²) in [5, 5.41) is -0.0762. The number of imidazole rings is 1. The van der Waals surface area contributed by atoms with Crippen molar-refractivity contribution in [1.29, 1.82) is 0 Å². The van der Waals surface area contributed by atoms with Crippen molar-refractivity contribution < 1.29 is 64.1 Å². The Bertz CT molecular complexity index is 899. The topological polar surface area (TPSA) is 172 Å². The molecule has 0 aromatic carbocycles. The van der Waals surface area contributed by atoms with E-state index in [-0.39, 0.29) is 48.5 Å². The standard InChI is InChI=1S/C12H15ClN5O7P.Na.H/c1-5(19)24-6-2-8(25-7(6)3-23-26(20,21)22)18-4-15-9-10(14)16-12(13)17-11(9)18;;/h4,6-8H,2-3H2,1H3,(H2,14,16,17)(H2,20,21,22);;/q;+1;-1/t6?,7-,8-;;/m1../s1. The zero-order valence-corrected chi connectivity index (χ0v) is 18.0. The molecule has 2 aromatic heterocycles. The molecular formula is C12H16ClN5NaO7P. The first-order valence-corrected chi connectivity index (χ1v) is 9.23. The van der Waals surface area contributed by atoms with E-state index >= 15 is 0 Å². The summed E-state index contributed by atoms with van der Waals surface area (Å²) in [4.78, 5) is 41.0. The van der Waals surface area contributed by atoms with E-state index in [0.29, 0.717) is 11.2 Å². The third-order valence-electron chi connectivity index (χ3n) is 3.64. The molecule has 1 unspecified atom stereocenters. The summed E-state index contributed by atoms with van der Waals surface area (Å²) in [7, 11) is -4.71. The molecule has 144 valence electrons. The molecule has 27 heavy (non-hydrogen) atoms. The Labute approximate surface area is 181 Å². The van der Waals surface area contributed by atoms with Gasteiger partial charge in [0.25, 0.3) is 0 Å². The Morgan fingerprint density at radius 1 is 1.56 bits per heavy atom. The number of rotatable bonds is 5. The number of anilines is 1. The Balaban J connectivity index is 0.00000196. The minimum atomic E-state index is -4.71. The first-order valence-electron chi connectivity index (χ1n) is 7.32. The van der Waals surface area contributed by atoms with Gasteiger partial charge < -0.3 is 26.4 Å². The molecule has 0 bridgehead atoms. The number of nitrogens with two attached hydrogens (primary N) is 1. The Morgan fingerprint density at radius 3 is 2.89 bits per heavy atom. The third kappa shape index (κ3) is 5.37. The molecular weight excluding hydrogens is 416 g/mol. The molecule has 15 heteroatoms. The van der Waals surface area contributed by atoms with Gasteiger partial charge in [0, 0.05) is 13.3 Å². The first kappa shape index (κ1) is 22.5. The van der Waals surface area contributed by atoms with Gasteiger partial charge in [0.05, 0.1) is 12.9 Å². The number of nitrogen functional groups attached to an aromatic ring is 1. The van der Waals surface area contributed by atoms with Crippen molar-refractivity contribution in [2.75, 3.05) is 12.3 Å². The molecule has 3 heterocycles. The summed E-state index contributed by atoms with van der Waals surface area (Å²) < 4.78 is 27.8. The number of ether oxygens (including phenoxy) is 2. The quantitative estimate of drug-likeness (QED) is 0.198. The van der Waals surface area contributed by atoms with Gasteiger partial charge in [-0.3, -0.25) is 13.9 Å². The summed E-state index contributed by atoms with van der Waals surface area (Å²) in [6, 6.07) is 0. The van der Waals surface area contributed by atoms with E-state index in [0.717, 1.165) is 0 Å². The summed E-state index contributed by atoms with van der Waals surface area (Å²) in [6.45, 7) is 0.748. The van der Waals surface area contributed by atoms with Gasteiger partial charge in [-0.1, -0.05) is 0 Å². The summed E-state index contributed by atoms with van der Waals surface area (Å²) in [5.74, 6) is -0.472. The molecule has 0 aliphatic carbocycles. The molecule has 0 amide bonds. The smallest absolute Gasteiger partial charge is 1.00 e. The van der Waals surface area contributed by atoms with Gasteiger partial charge in [-0.15, -0.1) is 0 Å². The number of halogens is 1. The summed E-state index contributed by atoms with van der Waals surface area (Å²) in [6.07, 6.45) is -0.782. The van der Waals surface area contributed by atoms with Crippen LogP contribution in [0.5, 0.6) is 0 Å². The van der Waals surface area contributed by atoms with Crippen LogP contribution in [0, 0.1) is 0 Å². The monoisotopic (exact) mass is 431 g/mol. The number of aromatic nitrogens is 4. The van der Waals surface area contributed by atoms with Gasteiger partial charge in [-0.05, 0) is 11.6 Å². The van der Waals surface area contributed by atoms with Crippen LogP contribution in [-0.4, -0.2) is 54.1 Å². The largest absolute Gasteiger partial charge is 1.00 e. The van der Waals surface area contributed by atoms with E-state index < -0.39 is 38.8 Å². The average Bonchev–Trinajstić information content (AvgIpc) is 3.07. The number of hydrogen-bond donors (Lipinski definition) is 3. The van der Waals surface area contributed by atoms with Gasteiger partial charge in [0.15, 0.2) is 11.5 Å². The van der Waals surface area contributed by atoms with Crippen LogP contribution in [0.15, 0.2) is 6.33 Å². The summed E-state index contributed by atoms with van der Waals surface area (Å²) >= 11 is 5.83. The maximum absolute atomic E-state index is 11.3. The SMILES string of the molecule is CC(=O)OC1C[C@H](n2cnc3c(N)nc(Cl)nc32)O[C@@H]1COP(=O)(O)O.[H-].[Na+]. The second-order valence-electron chi connectivity index (χ2n) is 5.50. The van der Waals surface area contributed by atoms with Gasteiger partial charge in [0.2, 0.25) is 5.28 Å². The van der Waals surface area contributed by atoms with E-state index in [1.165, 1.54) is 17.8 Å². The molecule has 1 aliphatic heterocycles. The van der Waals surface area contributed by atoms with E-state index in [1.807, 2.05) is 0 Å². The molecule has 12 nitrogen and oxygen atoms in total. The molecule has 1 fully saturated rings. The van der Waals surface area contributed by atoms with Crippen LogP contribution in [-0.2, 0) is 23.4 Å². The van der Waals surface area contributed by atoms with Crippen molar-refractivity contribution in [2.45, 2.75) is 31.8 Å². The van der Waals surface area contributed by atoms with Crippen LogP contribution >= 0.6 is 19.4 Å². The second kappa shape index (κ2) is 8.68. The fraction of sp³-hybridized carbons (Fsp3) is 0.500. The Morgan fingerprint density at radius 2 is 2.26 bits per heavy atom. The molecule has 1 saturated heterocycles. The fourth-order valence-corrected chi connectivity index (χ4v) is 3.16. The number of esters is 1. The zero-order valence-electron chi connectivity index (χ0n) is 15.4. The minimum Gasteiger partial charge on any atom is -1.00 e. The average molecular weight is 432 g/mol. The normalized spacial score (nSPS) is 22.6. The van der Waals surface area contributed by atoms with E-state index in [2.05, 4.69) is 19.5 Å². The number of carbonyl (C=O) groups is 1. The van der Waals surface area contributed by atoms with Gasteiger partial charge in [-0.25, -0.2) is 9.55 Å². The molecule has 0 spiro atoms. The van der Waals surface area contributed by atoms with Gasteiger partial charge in [-0.2, -0.15) is 9.97 Å². The third-order valence-corrected chi connectivity index (χ3v) is 4.29. The number of carbonyl (C=O) groups excluding carboxylic acids is 1. The van der Waals surface area contributed by atoms with Crippen molar-refractivity contribution >= 4 is 42.4 Å². The molecule has 2 aromatic rings. The van der Waals surface area contributed by atoms with Crippen LogP contribution in [0.2, 0.25) is 5.28 Å². The van der Waals surface area contributed by atoms with Crippen molar-refractivity contribution in [3.05, 3.63) is 11.6 Å². The van der Waals surface area contributed by atoms with Crippen molar-refractivity contribution in [3.8, 4) is 0 Å². The zero-order chi connectivity index (χ0) is 19.1. The molecule has 0 saturated carbocycles. The van der Waals surface area contributed by atoms with E-state index in [9.17, 15) is 9.36 Å². The van der Waals surface area contributed by atoms with Crippen LogP contribution in [0.3, 0.4) is 0 Å². The Kier molecular flexibility index (Phi) is 7.22. The molecule has 4 N–H and O–H groups in total. The van der Waals surface area contributed by atoms with Gasteiger partial charge >= 0.3 is 43.3 Å². The van der Waals surface area contributed by atoms with Gasteiger partial charge in [0.1, 0.15) is 24.0 Å². The second-order valence-corrected chi connectivity index (χ2v) is 7.08. The molecule has 3 atom stereocenters. The molecule has 3 rings (SSSR count). The van der Waals surface area contributed by atoms with Crippen LogP contribution < -0.4 is 35.3 Å². The molecule has 1 aliphatic rings. The number of phosphoric acid groups is 1. The van der Waals surface area contributed by atoms with E-state index in [1.54, 1.807) is 0 Å². The van der Waals surface area contributed by atoms with Crippen LogP contribution in [0.25, 0.3) is 11.2 Å². The predicted molar refractivity (Wildman–Crippen MR) is 87.9 cm³/mol. The number of phosphoric ester groups is 1. The number of hydrogen-bond acceptors (Lipinski definition) is 9. The Hall–Kier alpha value is -0.820. The van der Waals surface area contributed by atoms with Crippen molar-refractivity contribution in [1.82, 2.24) is 19.5 Å². The van der Waals surface area contributed by atoms with Crippen molar-refractivity contribution in [3.63, 3.8) is 0 Å². The van der Waals surface area contributed by atoms with Crippen molar-refractivity contribution in [2.24, 2.45) is 0 Å². The fourth-order valence-electron chi connectivity index (χ4n) is 2.65. The predicted octanol–water partition coefficient (Wildman–Crippen LogP) is -2.49. The number of nitrogens with zero attached hydrogens (tertiary/aromatic N) is 4. The molecule has 0 radical (unpaired) electrons. The minimum absolute atomic E-state index is 0. The van der Waals surface area contributed by atoms with E-state index in [4.69, 9.17) is 36.6 Å². The summed E-state index contributed by atoms with van der Waals surface area (Å²) in [5.41, 5.74) is 6.38. The maximum atomic E-state index is 11.3. The van der Waals surface area contributed by atoms with Crippen LogP contribution in [0.4, 0.5) is 5.82 Å². The first-order chi connectivity index (χ1) is 12.1.